The van der Waals surface area contributed by atoms with Crippen molar-refractivity contribution in [3.63, 3.8) is 0 Å². The highest BCUT2D eigenvalue weighted by Gasteiger charge is 2.42. The lowest BCUT2D eigenvalue weighted by Crippen LogP contribution is -2.38. The van der Waals surface area contributed by atoms with Gasteiger partial charge in [-0.2, -0.15) is 0 Å². The molecule has 2 aliphatic rings. The summed E-state index contributed by atoms with van der Waals surface area (Å²) in [4.78, 5) is 11.9. The van der Waals surface area contributed by atoms with Crippen molar-refractivity contribution in [3.05, 3.63) is 17.5 Å². The van der Waals surface area contributed by atoms with E-state index in [4.69, 9.17) is 4.52 Å². The summed E-state index contributed by atoms with van der Waals surface area (Å²) < 4.78 is 4.91. The van der Waals surface area contributed by atoms with E-state index in [1.807, 2.05) is 0 Å². The van der Waals surface area contributed by atoms with Crippen LogP contribution in [0.2, 0.25) is 0 Å². The topological polar surface area (TPSA) is 55.1 Å². The van der Waals surface area contributed by atoms with Gasteiger partial charge in [-0.25, -0.2) is 0 Å². The van der Waals surface area contributed by atoms with Crippen molar-refractivity contribution in [2.45, 2.75) is 38.6 Å². The van der Waals surface area contributed by atoms with Crippen molar-refractivity contribution in [2.75, 3.05) is 0 Å². The second kappa shape index (κ2) is 3.61. The van der Waals surface area contributed by atoms with Gasteiger partial charge in [0.25, 0.3) is 5.91 Å². The zero-order valence-corrected chi connectivity index (χ0v) is 9.40. The summed E-state index contributed by atoms with van der Waals surface area (Å²) in [7, 11) is 0. The summed E-state index contributed by atoms with van der Waals surface area (Å²) in [6, 6.07) is 2.07. The van der Waals surface area contributed by atoms with Gasteiger partial charge in [-0.15, -0.1) is 0 Å². The quantitative estimate of drug-likeness (QED) is 0.843. The summed E-state index contributed by atoms with van der Waals surface area (Å²) in [6.45, 7) is 1.79. The summed E-state index contributed by atoms with van der Waals surface area (Å²) in [6.07, 6.45) is 5.05. The first kappa shape index (κ1) is 9.87. The highest BCUT2D eigenvalue weighted by Crippen LogP contribution is 2.44. The van der Waals surface area contributed by atoms with Gasteiger partial charge >= 0.3 is 0 Å². The first-order valence-corrected chi connectivity index (χ1v) is 5.98. The lowest BCUT2D eigenvalue weighted by Gasteiger charge is -2.16. The summed E-state index contributed by atoms with van der Waals surface area (Å²) >= 11 is 0. The van der Waals surface area contributed by atoms with Crippen LogP contribution in [0.5, 0.6) is 0 Å². The van der Waals surface area contributed by atoms with E-state index in [-0.39, 0.29) is 5.91 Å². The molecule has 3 rings (SSSR count). The Morgan fingerprint density at radius 3 is 2.50 bits per heavy atom. The molecular formula is C12H16N2O2. The van der Waals surface area contributed by atoms with Crippen molar-refractivity contribution in [3.8, 4) is 0 Å². The van der Waals surface area contributed by atoms with Crippen LogP contribution in [0.25, 0.3) is 0 Å². The molecule has 0 saturated heterocycles. The lowest BCUT2D eigenvalue weighted by molar-refractivity contribution is 0.0917. The van der Waals surface area contributed by atoms with Crippen molar-refractivity contribution in [2.24, 2.45) is 11.8 Å². The van der Waals surface area contributed by atoms with Crippen molar-refractivity contribution in [1.82, 2.24) is 10.5 Å². The third-order valence-corrected chi connectivity index (χ3v) is 3.42. The molecule has 1 amide bonds. The molecule has 1 aromatic rings. The number of aryl methyl sites for hydroxylation is 1. The summed E-state index contributed by atoms with van der Waals surface area (Å²) in [5, 5.41) is 6.85. The minimum Gasteiger partial charge on any atom is -0.361 e. The van der Waals surface area contributed by atoms with Crippen LogP contribution in [0.4, 0.5) is 0 Å². The van der Waals surface area contributed by atoms with Crippen LogP contribution in [0.3, 0.4) is 0 Å². The van der Waals surface area contributed by atoms with Crippen LogP contribution in [0.1, 0.15) is 41.9 Å². The molecule has 2 aliphatic carbocycles. The second-order valence-electron chi connectivity index (χ2n) is 5.00. The Balaban J connectivity index is 1.66. The third kappa shape index (κ3) is 1.96. The predicted octanol–water partition coefficient (Wildman–Crippen LogP) is 1.90. The van der Waals surface area contributed by atoms with Gasteiger partial charge in [0.05, 0.1) is 0 Å². The van der Waals surface area contributed by atoms with E-state index in [1.54, 1.807) is 13.0 Å². The highest BCUT2D eigenvalue weighted by molar-refractivity contribution is 5.92. The van der Waals surface area contributed by atoms with Gasteiger partial charge in [-0.1, -0.05) is 5.16 Å². The fraction of sp³-hybridized carbons (Fsp3) is 0.667. The minimum absolute atomic E-state index is 0.0827. The van der Waals surface area contributed by atoms with Crippen LogP contribution in [-0.4, -0.2) is 17.1 Å². The van der Waals surface area contributed by atoms with Gasteiger partial charge in [0, 0.05) is 12.1 Å². The normalized spacial score (nSPS) is 20.1. The molecule has 86 valence electrons. The molecule has 2 saturated carbocycles. The smallest absolute Gasteiger partial charge is 0.273 e. The lowest BCUT2D eigenvalue weighted by atomic mass is 10.1. The number of aromatic nitrogens is 1. The number of nitrogens with zero attached hydrogens (tertiary/aromatic N) is 1. The minimum atomic E-state index is -0.0827. The van der Waals surface area contributed by atoms with Crippen LogP contribution in [0.15, 0.2) is 10.6 Å². The average molecular weight is 220 g/mol. The first-order valence-electron chi connectivity index (χ1n) is 5.98. The van der Waals surface area contributed by atoms with Crippen LogP contribution < -0.4 is 5.32 Å². The van der Waals surface area contributed by atoms with Gasteiger partial charge < -0.3 is 9.84 Å². The molecule has 4 heteroatoms. The number of carbonyl (C=O) groups excluding carboxylic acids is 1. The largest absolute Gasteiger partial charge is 0.361 e. The highest BCUT2D eigenvalue weighted by atomic mass is 16.5. The Morgan fingerprint density at radius 1 is 1.44 bits per heavy atom. The van der Waals surface area contributed by atoms with E-state index in [0.29, 0.717) is 29.3 Å². The molecule has 1 heterocycles. The van der Waals surface area contributed by atoms with Gasteiger partial charge in [0.1, 0.15) is 5.76 Å². The van der Waals surface area contributed by atoms with Crippen LogP contribution >= 0.6 is 0 Å². The van der Waals surface area contributed by atoms with Crippen LogP contribution in [-0.2, 0) is 0 Å². The van der Waals surface area contributed by atoms with Crippen molar-refractivity contribution < 1.29 is 9.32 Å². The molecule has 16 heavy (non-hydrogen) atoms. The second-order valence-corrected chi connectivity index (χ2v) is 5.00. The van der Waals surface area contributed by atoms with Crippen molar-refractivity contribution in [1.29, 1.82) is 0 Å². The molecule has 4 nitrogen and oxygen atoms in total. The molecular weight excluding hydrogens is 204 g/mol. The van der Waals surface area contributed by atoms with E-state index < -0.39 is 0 Å². The molecule has 0 spiro atoms. The maximum absolute atomic E-state index is 11.9. The Morgan fingerprint density at radius 2 is 2.06 bits per heavy atom. The Kier molecular flexibility index (Phi) is 2.23. The zero-order valence-electron chi connectivity index (χ0n) is 9.40. The SMILES string of the molecule is Cc1cc(C(=O)NC(C2CC2)C2CC2)no1. The molecule has 1 N–H and O–H groups in total. The van der Waals surface area contributed by atoms with Crippen molar-refractivity contribution >= 4 is 5.91 Å². The molecule has 2 fully saturated rings. The third-order valence-electron chi connectivity index (χ3n) is 3.42. The number of amides is 1. The van der Waals surface area contributed by atoms with E-state index in [2.05, 4.69) is 10.5 Å². The monoisotopic (exact) mass is 220 g/mol. The Hall–Kier alpha value is -1.32. The fourth-order valence-electron chi connectivity index (χ4n) is 2.23. The Bertz CT molecular complexity index is 393. The number of rotatable bonds is 4. The molecule has 0 aliphatic heterocycles. The zero-order chi connectivity index (χ0) is 11.1. The maximum atomic E-state index is 11.9. The van der Waals surface area contributed by atoms with Gasteiger partial charge in [0.15, 0.2) is 5.69 Å². The number of nitrogens with one attached hydrogen (secondary N) is 1. The molecule has 0 unspecified atom stereocenters. The van der Waals surface area contributed by atoms with E-state index >= 15 is 0 Å². The predicted molar refractivity (Wildman–Crippen MR) is 57.9 cm³/mol. The molecule has 0 radical (unpaired) electrons. The first-order chi connectivity index (χ1) is 7.74. The van der Waals surface area contributed by atoms with E-state index in [1.165, 1.54) is 25.7 Å². The number of hydrogen-bond acceptors (Lipinski definition) is 3. The van der Waals surface area contributed by atoms with Gasteiger partial charge in [-0.3, -0.25) is 4.79 Å². The number of carbonyl (C=O) groups is 1. The molecule has 0 bridgehead atoms. The summed E-state index contributed by atoms with van der Waals surface area (Å²) in [5.74, 6) is 2.02. The van der Waals surface area contributed by atoms with E-state index in [0.717, 1.165) is 0 Å². The van der Waals surface area contributed by atoms with Crippen LogP contribution in [0, 0.1) is 18.8 Å². The molecule has 1 aromatic heterocycles. The van der Waals surface area contributed by atoms with Gasteiger partial charge in [0.2, 0.25) is 0 Å². The average Bonchev–Trinajstić information content (AvgIpc) is 3.14. The van der Waals surface area contributed by atoms with E-state index in [9.17, 15) is 4.79 Å². The number of hydrogen-bond donors (Lipinski definition) is 1. The molecule has 0 aromatic carbocycles. The Labute approximate surface area is 94.4 Å². The summed E-state index contributed by atoms with van der Waals surface area (Å²) in [5.41, 5.74) is 0.406. The molecule has 0 atom stereocenters. The maximum Gasteiger partial charge on any atom is 0.273 e. The standard InChI is InChI=1S/C12H16N2O2/c1-7-6-10(14-16-7)12(15)13-11(8-2-3-8)9-4-5-9/h6,8-9,11H,2-5H2,1H3,(H,13,15). The fourth-order valence-corrected chi connectivity index (χ4v) is 2.23. The van der Waals surface area contributed by atoms with Gasteiger partial charge in [-0.05, 0) is 44.4 Å².